The summed E-state index contributed by atoms with van der Waals surface area (Å²) in [6.07, 6.45) is 0. The second kappa shape index (κ2) is 6.08. The van der Waals surface area contributed by atoms with E-state index in [4.69, 9.17) is 15.5 Å². The minimum atomic E-state index is 0.563. The molecule has 1 aromatic heterocycles. The summed E-state index contributed by atoms with van der Waals surface area (Å²) in [4.78, 5) is 4.71. The monoisotopic (exact) mass is 296 g/mol. The summed E-state index contributed by atoms with van der Waals surface area (Å²) in [6.45, 7) is 0.563. The first-order valence-corrected chi connectivity index (χ1v) is 7.57. The van der Waals surface area contributed by atoms with Crippen molar-refractivity contribution in [2.75, 3.05) is 7.11 Å². The van der Waals surface area contributed by atoms with Gasteiger partial charge in [0.05, 0.1) is 12.8 Å². The third kappa shape index (κ3) is 2.96. The molecular formula is C17H16N2OS. The van der Waals surface area contributed by atoms with Gasteiger partial charge < -0.3 is 10.5 Å². The summed E-state index contributed by atoms with van der Waals surface area (Å²) in [5.41, 5.74) is 9.90. The molecule has 0 aliphatic heterocycles. The normalized spacial score (nSPS) is 10.6. The molecule has 0 saturated heterocycles. The van der Waals surface area contributed by atoms with Crippen LogP contribution in [0.5, 0.6) is 5.75 Å². The zero-order chi connectivity index (χ0) is 14.7. The number of aromatic nitrogens is 1. The quantitative estimate of drug-likeness (QED) is 0.793. The van der Waals surface area contributed by atoms with E-state index in [9.17, 15) is 0 Å². The maximum absolute atomic E-state index is 5.62. The van der Waals surface area contributed by atoms with Crippen LogP contribution in [-0.2, 0) is 6.54 Å². The number of thiazole rings is 1. The summed E-state index contributed by atoms with van der Waals surface area (Å²) in [5, 5.41) is 3.08. The highest BCUT2D eigenvalue weighted by atomic mass is 32.1. The lowest BCUT2D eigenvalue weighted by Gasteiger charge is -2.02. The summed E-state index contributed by atoms with van der Waals surface area (Å²) < 4.78 is 5.26. The van der Waals surface area contributed by atoms with Gasteiger partial charge in [0.25, 0.3) is 0 Å². The van der Waals surface area contributed by atoms with Crippen LogP contribution in [-0.4, -0.2) is 12.1 Å². The highest BCUT2D eigenvalue weighted by Gasteiger charge is 2.07. The van der Waals surface area contributed by atoms with Crippen molar-refractivity contribution in [2.24, 2.45) is 5.73 Å². The number of hydrogen-bond donors (Lipinski definition) is 1. The van der Waals surface area contributed by atoms with Crippen LogP contribution in [0.4, 0.5) is 0 Å². The smallest absolute Gasteiger partial charge is 0.124 e. The molecular weight excluding hydrogens is 280 g/mol. The maximum atomic E-state index is 5.62. The van der Waals surface area contributed by atoms with Crippen LogP contribution in [0.1, 0.15) is 5.56 Å². The van der Waals surface area contributed by atoms with E-state index in [2.05, 4.69) is 17.5 Å². The SMILES string of the molecule is COc1cccc(-c2csc(-c3ccc(CN)cc3)n2)c1. The number of nitrogens with zero attached hydrogens (tertiary/aromatic N) is 1. The molecule has 0 unspecified atom stereocenters. The molecule has 4 heteroatoms. The van der Waals surface area contributed by atoms with E-state index in [1.807, 2.05) is 36.4 Å². The molecule has 0 saturated carbocycles. The van der Waals surface area contributed by atoms with Crippen molar-refractivity contribution in [2.45, 2.75) is 6.54 Å². The molecule has 3 aromatic rings. The zero-order valence-electron chi connectivity index (χ0n) is 11.7. The third-order valence-corrected chi connectivity index (χ3v) is 4.20. The van der Waals surface area contributed by atoms with Gasteiger partial charge in [-0.2, -0.15) is 0 Å². The largest absolute Gasteiger partial charge is 0.497 e. The van der Waals surface area contributed by atoms with Gasteiger partial charge in [-0.05, 0) is 17.7 Å². The van der Waals surface area contributed by atoms with Crippen LogP contribution >= 0.6 is 11.3 Å². The van der Waals surface area contributed by atoms with Crippen LogP contribution in [0.15, 0.2) is 53.9 Å². The van der Waals surface area contributed by atoms with Crippen molar-refractivity contribution < 1.29 is 4.74 Å². The molecule has 0 spiro atoms. The van der Waals surface area contributed by atoms with Crippen molar-refractivity contribution in [3.63, 3.8) is 0 Å². The molecule has 0 radical (unpaired) electrons. The Balaban J connectivity index is 1.91. The number of rotatable bonds is 4. The van der Waals surface area contributed by atoms with E-state index in [1.54, 1.807) is 18.4 Å². The standard InChI is InChI=1S/C17H16N2OS/c1-20-15-4-2-3-14(9-15)16-11-21-17(19-16)13-7-5-12(10-18)6-8-13/h2-9,11H,10,18H2,1H3. The Kier molecular flexibility index (Phi) is 3.99. The van der Waals surface area contributed by atoms with Crippen LogP contribution in [0, 0.1) is 0 Å². The van der Waals surface area contributed by atoms with Gasteiger partial charge in [-0.3, -0.25) is 0 Å². The van der Waals surface area contributed by atoms with E-state index in [0.29, 0.717) is 6.54 Å². The Morgan fingerprint density at radius 1 is 1.10 bits per heavy atom. The number of hydrogen-bond acceptors (Lipinski definition) is 4. The van der Waals surface area contributed by atoms with Gasteiger partial charge in [-0.1, -0.05) is 36.4 Å². The van der Waals surface area contributed by atoms with Gasteiger partial charge >= 0.3 is 0 Å². The van der Waals surface area contributed by atoms with E-state index in [1.165, 1.54) is 0 Å². The molecule has 3 nitrogen and oxygen atoms in total. The Hall–Kier alpha value is -2.17. The third-order valence-electron chi connectivity index (χ3n) is 3.31. The van der Waals surface area contributed by atoms with Crippen molar-refractivity contribution in [1.29, 1.82) is 0 Å². The van der Waals surface area contributed by atoms with Crippen molar-refractivity contribution in [3.8, 4) is 27.6 Å². The lowest BCUT2D eigenvalue weighted by atomic mass is 10.1. The first-order chi connectivity index (χ1) is 10.3. The topological polar surface area (TPSA) is 48.1 Å². The summed E-state index contributed by atoms with van der Waals surface area (Å²) in [7, 11) is 1.67. The first kappa shape index (κ1) is 13.8. The predicted molar refractivity (Wildman–Crippen MR) is 87.4 cm³/mol. The number of benzene rings is 2. The summed E-state index contributed by atoms with van der Waals surface area (Å²) in [5.74, 6) is 0.842. The van der Waals surface area contributed by atoms with Crippen molar-refractivity contribution in [3.05, 3.63) is 59.5 Å². The summed E-state index contributed by atoms with van der Waals surface area (Å²) >= 11 is 1.64. The van der Waals surface area contributed by atoms with Crippen molar-refractivity contribution >= 4 is 11.3 Å². The Morgan fingerprint density at radius 3 is 2.62 bits per heavy atom. The lowest BCUT2D eigenvalue weighted by molar-refractivity contribution is 0.415. The first-order valence-electron chi connectivity index (χ1n) is 6.69. The van der Waals surface area contributed by atoms with E-state index in [-0.39, 0.29) is 0 Å². The van der Waals surface area contributed by atoms with Gasteiger partial charge in [-0.25, -0.2) is 4.98 Å². The average molecular weight is 296 g/mol. The number of methoxy groups -OCH3 is 1. The Labute approximate surface area is 128 Å². The van der Waals surface area contributed by atoms with Gasteiger partial charge in [-0.15, -0.1) is 11.3 Å². The molecule has 2 aromatic carbocycles. The Bertz CT molecular complexity index is 735. The second-order valence-electron chi connectivity index (χ2n) is 4.67. The lowest BCUT2D eigenvalue weighted by Crippen LogP contribution is -1.95. The fourth-order valence-electron chi connectivity index (χ4n) is 2.10. The van der Waals surface area contributed by atoms with Gasteiger partial charge in [0.1, 0.15) is 10.8 Å². The second-order valence-corrected chi connectivity index (χ2v) is 5.53. The number of ether oxygens (including phenoxy) is 1. The molecule has 0 fully saturated rings. The molecule has 0 aliphatic carbocycles. The molecule has 1 heterocycles. The van der Waals surface area contributed by atoms with Crippen LogP contribution in [0.2, 0.25) is 0 Å². The molecule has 21 heavy (non-hydrogen) atoms. The molecule has 2 N–H and O–H groups in total. The fourth-order valence-corrected chi connectivity index (χ4v) is 2.94. The van der Waals surface area contributed by atoms with Gasteiger partial charge in [0, 0.05) is 23.1 Å². The molecule has 0 atom stereocenters. The van der Waals surface area contributed by atoms with Gasteiger partial charge in [0.2, 0.25) is 0 Å². The van der Waals surface area contributed by atoms with Crippen LogP contribution in [0.25, 0.3) is 21.8 Å². The molecule has 0 amide bonds. The Morgan fingerprint density at radius 2 is 1.90 bits per heavy atom. The highest BCUT2D eigenvalue weighted by Crippen LogP contribution is 2.30. The fraction of sp³-hybridized carbons (Fsp3) is 0.118. The minimum absolute atomic E-state index is 0.563. The number of nitrogens with two attached hydrogens (primary N) is 1. The van der Waals surface area contributed by atoms with Gasteiger partial charge in [0.15, 0.2) is 0 Å². The van der Waals surface area contributed by atoms with Crippen LogP contribution < -0.4 is 10.5 Å². The van der Waals surface area contributed by atoms with Crippen molar-refractivity contribution in [1.82, 2.24) is 4.98 Å². The maximum Gasteiger partial charge on any atom is 0.124 e. The van der Waals surface area contributed by atoms with E-state index < -0.39 is 0 Å². The predicted octanol–water partition coefficient (Wildman–Crippen LogP) is 3.94. The molecule has 3 rings (SSSR count). The van der Waals surface area contributed by atoms with E-state index in [0.717, 1.165) is 33.1 Å². The van der Waals surface area contributed by atoms with Crippen LogP contribution in [0.3, 0.4) is 0 Å². The van der Waals surface area contributed by atoms with E-state index >= 15 is 0 Å². The molecule has 0 bridgehead atoms. The average Bonchev–Trinajstić information content (AvgIpc) is 3.05. The zero-order valence-corrected chi connectivity index (χ0v) is 12.6. The molecule has 106 valence electrons. The highest BCUT2D eigenvalue weighted by molar-refractivity contribution is 7.13. The molecule has 0 aliphatic rings. The minimum Gasteiger partial charge on any atom is -0.497 e. The summed E-state index contributed by atoms with van der Waals surface area (Å²) in [6, 6.07) is 16.2.